The highest BCUT2D eigenvalue weighted by Gasteiger charge is 2.26. The molecule has 0 unspecified atom stereocenters. The van der Waals surface area contributed by atoms with Crippen LogP contribution >= 0.6 is 11.6 Å². The van der Waals surface area contributed by atoms with E-state index in [0.717, 1.165) is 40.2 Å². The molecule has 2 heterocycles. The Balaban J connectivity index is 1.70. The normalized spacial score (nSPS) is 14.3. The van der Waals surface area contributed by atoms with E-state index >= 15 is 0 Å². The van der Waals surface area contributed by atoms with Crippen LogP contribution in [0, 0.1) is 6.92 Å². The molecular formula is C26H28ClN3O2. The largest absolute Gasteiger partial charge is 0.444 e. The summed E-state index contributed by atoms with van der Waals surface area (Å²) in [4.78, 5) is 14.2. The number of halogens is 1. The number of rotatable bonds is 3. The Morgan fingerprint density at radius 1 is 1.06 bits per heavy atom. The Kier molecular flexibility index (Phi) is 6.11. The van der Waals surface area contributed by atoms with Crippen molar-refractivity contribution in [1.82, 2.24) is 14.7 Å². The van der Waals surface area contributed by atoms with Gasteiger partial charge in [-0.1, -0.05) is 48.0 Å². The zero-order valence-corrected chi connectivity index (χ0v) is 19.7. The fraction of sp³-hybridized carbons (Fsp3) is 0.308. The van der Waals surface area contributed by atoms with Gasteiger partial charge in [-0.15, -0.1) is 0 Å². The first kappa shape index (κ1) is 22.2. The molecule has 0 radical (unpaired) electrons. The van der Waals surface area contributed by atoms with Gasteiger partial charge in [0.05, 0.1) is 17.1 Å². The van der Waals surface area contributed by atoms with Crippen LogP contribution in [0.2, 0.25) is 5.02 Å². The van der Waals surface area contributed by atoms with E-state index in [4.69, 9.17) is 21.4 Å². The van der Waals surface area contributed by atoms with Crippen LogP contribution in [-0.4, -0.2) is 39.5 Å². The minimum Gasteiger partial charge on any atom is -0.444 e. The van der Waals surface area contributed by atoms with Gasteiger partial charge in [0.15, 0.2) is 0 Å². The number of aromatic nitrogens is 2. The Labute approximate surface area is 194 Å². The summed E-state index contributed by atoms with van der Waals surface area (Å²) in [7, 11) is 0. The van der Waals surface area contributed by atoms with Crippen molar-refractivity contribution in [2.75, 3.05) is 13.1 Å². The molecule has 3 aromatic rings. The van der Waals surface area contributed by atoms with Crippen LogP contribution in [0.15, 0.2) is 60.7 Å². The summed E-state index contributed by atoms with van der Waals surface area (Å²) < 4.78 is 7.51. The molecule has 6 heteroatoms. The third-order valence-electron chi connectivity index (χ3n) is 5.41. The minimum atomic E-state index is -0.500. The molecule has 32 heavy (non-hydrogen) atoms. The van der Waals surface area contributed by atoms with Crippen molar-refractivity contribution in [3.05, 3.63) is 77.0 Å². The summed E-state index contributed by atoms with van der Waals surface area (Å²) in [5, 5.41) is 5.72. The molecule has 0 saturated heterocycles. The molecule has 0 spiro atoms. The molecule has 166 valence electrons. The molecule has 0 N–H and O–H groups in total. The molecular weight excluding hydrogens is 422 g/mol. The van der Waals surface area contributed by atoms with E-state index in [0.29, 0.717) is 18.1 Å². The van der Waals surface area contributed by atoms with Crippen molar-refractivity contribution in [2.45, 2.75) is 39.7 Å². The highest BCUT2D eigenvalue weighted by molar-refractivity contribution is 6.30. The van der Waals surface area contributed by atoms with Crippen LogP contribution in [0.3, 0.4) is 0 Å². The Morgan fingerprint density at radius 2 is 1.75 bits per heavy atom. The maximum Gasteiger partial charge on any atom is 0.410 e. The molecule has 0 aliphatic carbocycles. The van der Waals surface area contributed by atoms with Gasteiger partial charge in [-0.3, -0.25) is 0 Å². The van der Waals surface area contributed by atoms with Gasteiger partial charge >= 0.3 is 6.09 Å². The highest BCUT2D eigenvalue weighted by Crippen LogP contribution is 2.34. The first-order chi connectivity index (χ1) is 15.2. The summed E-state index contributed by atoms with van der Waals surface area (Å²) in [5.74, 6) is 0. The third kappa shape index (κ3) is 4.73. The lowest BCUT2D eigenvalue weighted by Gasteiger charge is -2.29. The number of ether oxygens (including phenoxy) is 1. The number of amides is 1. The van der Waals surface area contributed by atoms with Gasteiger partial charge in [0.2, 0.25) is 0 Å². The van der Waals surface area contributed by atoms with Crippen molar-refractivity contribution in [1.29, 1.82) is 0 Å². The maximum absolute atomic E-state index is 12.4. The van der Waals surface area contributed by atoms with Gasteiger partial charge < -0.3 is 9.64 Å². The third-order valence-corrected chi connectivity index (χ3v) is 5.66. The molecule has 2 aromatic carbocycles. The molecule has 1 aromatic heterocycles. The van der Waals surface area contributed by atoms with Crippen LogP contribution in [0.4, 0.5) is 4.79 Å². The second-order valence-electron chi connectivity index (χ2n) is 8.98. The van der Waals surface area contributed by atoms with Crippen LogP contribution in [0.25, 0.3) is 22.5 Å². The Bertz CT molecular complexity index is 1140. The lowest BCUT2D eigenvalue weighted by atomic mass is 9.99. The number of benzene rings is 2. The van der Waals surface area contributed by atoms with Gasteiger partial charge in [-0.2, -0.15) is 5.10 Å². The molecule has 1 aliphatic heterocycles. The van der Waals surface area contributed by atoms with E-state index in [9.17, 15) is 4.79 Å². The number of hydrogen-bond donors (Lipinski definition) is 0. The smallest absolute Gasteiger partial charge is 0.410 e. The first-order valence-electron chi connectivity index (χ1n) is 10.8. The van der Waals surface area contributed by atoms with Crippen LogP contribution in [0.1, 0.15) is 38.4 Å². The number of para-hydroxylation sites is 1. The van der Waals surface area contributed by atoms with E-state index in [1.54, 1.807) is 4.90 Å². The highest BCUT2D eigenvalue weighted by atomic mass is 35.5. The average Bonchev–Trinajstić information content (AvgIpc) is 3.11. The first-order valence-corrected chi connectivity index (χ1v) is 11.2. The monoisotopic (exact) mass is 449 g/mol. The topological polar surface area (TPSA) is 47.4 Å². The van der Waals surface area contributed by atoms with Gasteiger partial charge in [0.25, 0.3) is 0 Å². The average molecular weight is 450 g/mol. The number of nitrogens with zero attached hydrogens (tertiary/aromatic N) is 3. The van der Waals surface area contributed by atoms with E-state index in [2.05, 4.69) is 25.1 Å². The minimum absolute atomic E-state index is 0.277. The maximum atomic E-state index is 12.4. The van der Waals surface area contributed by atoms with E-state index in [-0.39, 0.29) is 6.09 Å². The standard InChI is InChI=1S/C26H28ClN3O2/c1-18-23(19-14-16-29(17-15-19)25(31)32-26(2,3)4)28-30(22-8-6-5-7-9-22)24(18)20-10-12-21(27)13-11-20/h5-14H,15-17H2,1-4H3. The summed E-state index contributed by atoms with van der Waals surface area (Å²) >= 11 is 6.13. The second-order valence-corrected chi connectivity index (χ2v) is 9.42. The molecule has 0 saturated carbocycles. The lowest BCUT2D eigenvalue weighted by molar-refractivity contribution is 0.0270. The van der Waals surface area contributed by atoms with Crippen molar-refractivity contribution in [2.24, 2.45) is 0 Å². The number of carbonyl (C=O) groups is 1. The van der Waals surface area contributed by atoms with E-state index in [1.165, 1.54) is 0 Å². The number of hydrogen-bond acceptors (Lipinski definition) is 3. The van der Waals surface area contributed by atoms with Crippen LogP contribution in [-0.2, 0) is 4.74 Å². The van der Waals surface area contributed by atoms with E-state index < -0.39 is 5.60 Å². The van der Waals surface area contributed by atoms with E-state index in [1.807, 2.05) is 67.9 Å². The summed E-state index contributed by atoms with van der Waals surface area (Å²) in [5.41, 5.74) is 5.81. The van der Waals surface area contributed by atoms with Gasteiger partial charge in [0, 0.05) is 29.2 Å². The quantitative estimate of drug-likeness (QED) is 0.457. The summed E-state index contributed by atoms with van der Waals surface area (Å²) in [6.07, 6.45) is 2.54. The SMILES string of the molecule is Cc1c(C2=CCN(C(=O)OC(C)(C)C)CC2)nn(-c2ccccc2)c1-c1ccc(Cl)cc1. The molecule has 4 rings (SSSR count). The predicted octanol–water partition coefficient (Wildman–Crippen LogP) is 6.53. The van der Waals surface area contributed by atoms with Gasteiger partial charge in [-0.25, -0.2) is 9.48 Å². The van der Waals surface area contributed by atoms with Gasteiger partial charge in [0.1, 0.15) is 5.60 Å². The molecule has 0 bridgehead atoms. The molecule has 0 atom stereocenters. The summed E-state index contributed by atoms with van der Waals surface area (Å²) in [6, 6.07) is 18.0. The second kappa shape index (κ2) is 8.83. The Morgan fingerprint density at radius 3 is 2.34 bits per heavy atom. The molecule has 0 fully saturated rings. The lowest BCUT2D eigenvalue weighted by Crippen LogP contribution is -2.39. The fourth-order valence-electron chi connectivity index (χ4n) is 3.88. The predicted molar refractivity (Wildman–Crippen MR) is 129 cm³/mol. The van der Waals surface area contributed by atoms with Crippen LogP contribution in [0.5, 0.6) is 0 Å². The summed E-state index contributed by atoms with van der Waals surface area (Å²) in [6.45, 7) is 8.87. The zero-order chi connectivity index (χ0) is 22.9. The Hall–Kier alpha value is -3.05. The van der Waals surface area contributed by atoms with Crippen molar-refractivity contribution in [3.63, 3.8) is 0 Å². The molecule has 1 amide bonds. The molecule has 1 aliphatic rings. The van der Waals surface area contributed by atoms with Crippen molar-refractivity contribution in [3.8, 4) is 16.9 Å². The van der Waals surface area contributed by atoms with Gasteiger partial charge in [-0.05, 0) is 64.0 Å². The zero-order valence-electron chi connectivity index (χ0n) is 18.9. The molecule has 5 nitrogen and oxygen atoms in total. The fourth-order valence-corrected chi connectivity index (χ4v) is 4.01. The van der Waals surface area contributed by atoms with Crippen LogP contribution < -0.4 is 0 Å². The number of carbonyl (C=O) groups excluding carboxylic acids is 1. The van der Waals surface area contributed by atoms with Crippen molar-refractivity contribution < 1.29 is 9.53 Å². The van der Waals surface area contributed by atoms with Crippen molar-refractivity contribution >= 4 is 23.3 Å².